The number of nitrogens with zero attached hydrogens (tertiary/aromatic N) is 1. The Kier molecular flexibility index (Phi) is 4.00. The Morgan fingerprint density at radius 2 is 1.93 bits per heavy atom. The van der Waals surface area contributed by atoms with Gasteiger partial charge >= 0.3 is 0 Å². The standard InChI is InChI=1S/C12H24N2O/c1-2-14(10-6-4-3-5-7-10)11-8-13-9-12(11)15/h10-13,15H,2-9H2,1H3. The molecule has 0 aromatic carbocycles. The van der Waals surface area contributed by atoms with Crippen molar-refractivity contribution >= 4 is 0 Å². The first-order valence-corrected chi connectivity index (χ1v) is 6.47. The lowest BCUT2D eigenvalue weighted by Gasteiger charge is -2.38. The number of β-amino-alcohol motifs (C(OH)–C–C–N with tert-alkyl or cyclic N) is 1. The molecule has 2 fully saturated rings. The summed E-state index contributed by atoms with van der Waals surface area (Å²) < 4.78 is 0. The zero-order valence-electron chi connectivity index (χ0n) is 9.78. The number of aliphatic hydroxyl groups excluding tert-OH is 1. The molecule has 1 aliphatic carbocycles. The molecule has 0 radical (unpaired) electrons. The molecule has 0 aromatic rings. The molecule has 1 aliphatic heterocycles. The van der Waals surface area contributed by atoms with Crippen LogP contribution in [0.4, 0.5) is 0 Å². The second-order valence-electron chi connectivity index (χ2n) is 4.92. The van der Waals surface area contributed by atoms with Crippen LogP contribution < -0.4 is 5.32 Å². The third kappa shape index (κ3) is 2.52. The van der Waals surface area contributed by atoms with E-state index in [4.69, 9.17) is 0 Å². The van der Waals surface area contributed by atoms with Gasteiger partial charge in [-0.3, -0.25) is 4.90 Å². The van der Waals surface area contributed by atoms with Crippen molar-refractivity contribution in [3.05, 3.63) is 0 Å². The Morgan fingerprint density at radius 1 is 1.20 bits per heavy atom. The van der Waals surface area contributed by atoms with Gasteiger partial charge < -0.3 is 10.4 Å². The third-order valence-corrected chi connectivity index (χ3v) is 3.99. The first kappa shape index (κ1) is 11.4. The van der Waals surface area contributed by atoms with Gasteiger partial charge in [-0.15, -0.1) is 0 Å². The molecule has 0 amide bonds. The number of hydrogen-bond acceptors (Lipinski definition) is 3. The average molecular weight is 212 g/mol. The normalized spacial score (nSPS) is 33.8. The molecule has 0 aromatic heterocycles. The van der Waals surface area contributed by atoms with Crippen LogP contribution in [0.15, 0.2) is 0 Å². The first-order valence-electron chi connectivity index (χ1n) is 6.47. The fraction of sp³-hybridized carbons (Fsp3) is 1.00. The molecule has 15 heavy (non-hydrogen) atoms. The van der Waals surface area contributed by atoms with Gasteiger partial charge in [0.2, 0.25) is 0 Å². The van der Waals surface area contributed by atoms with E-state index in [2.05, 4.69) is 17.1 Å². The number of aliphatic hydroxyl groups is 1. The highest BCUT2D eigenvalue weighted by Crippen LogP contribution is 2.25. The summed E-state index contributed by atoms with van der Waals surface area (Å²) in [6, 6.07) is 1.08. The molecule has 0 bridgehead atoms. The predicted octanol–water partition coefficient (Wildman–Crippen LogP) is 0.974. The van der Waals surface area contributed by atoms with Crippen molar-refractivity contribution in [1.82, 2.24) is 10.2 Å². The Bertz CT molecular complexity index is 192. The van der Waals surface area contributed by atoms with E-state index in [-0.39, 0.29) is 6.10 Å². The second-order valence-corrected chi connectivity index (χ2v) is 4.92. The summed E-state index contributed by atoms with van der Waals surface area (Å²) in [6.07, 6.45) is 6.65. The van der Waals surface area contributed by atoms with Crippen molar-refractivity contribution < 1.29 is 5.11 Å². The van der Waals surface area contributed by atoms with Gasteiger partial charge in [-0.25, -0.2) is 0 Å². The maximum Gasteiger partial charge on any atom is 0.0831 e. The molecule has 2 rings (SSSR count). The van der Waals surface area contributed by atoms with Gasteiger partial charge in [0.15, 0.2) is 0 Å². The molecule has 2 N–H and O–H groups in total. The fourth-order valence-corrected chi connectivity index (χ4v) is 3.17. The molecule has 0 spiro atoms. The van der Waals surface area contributed by atoms with Crippen LogP contribution in [0.3, 0.4) is 0 Å². The molecule has 1 saturated carbocycles. The Balaban J connectivity index is 1.95. The molecular formula is C12H24N2O. The van der Waals surface area contributed by atoms with Crippen LogP contribution >= 0.6 is 0 Å². The van der Waals surface area contributed by atoms with Crippen LogP contribution in [0.1, 0.15) is 39.0 Å². The highest BCUT2D eigenvalue weighted by atomic mass is 16.3. The SMILES string of the molecule is CCN(C1CCCCC1)C1CNCC1O. The summed E-state index contributed by atoms with van der Waals surface area (Å²) in [7, 11) is 0. The lowest BCUT2D eigenvalue weighted by molar-refractivity contribution is 0.0447. The summed E-state index contributed by atoms with van der Waals surface area (Å²) in [6.45, 7) is 5.03. The van der Waals surface area contributed by atoms with Gasteiger partial charge in [0.1, 0.15) is 0 Å². The first-order chi connectivity index (χ1) is 7.33. The maximum absolute atomic E-state index is 9.92. The van der Waals surface area contributed by atoms with Gasteiger partial charge in [-0.2, -0.15) is 0 Å². The monoisotopic (exact) mass is 212 g/mol. The summed E-state index contributed by atoms with van der Waals surface area (Å²) >= 11 is 0. The smallest absolute Gasteiger partial charge is 0.0831 e. The Labute approximate surface area is 92.8 Å². The molecule has 3 nitrogen and oxygen atoms in total. The van der Waals surface area contributed by atoms with E-state index in [1.807, 2.05) is 0 Å². The molecule has 3 heteroatoms. The molecule has 2 aliphatic rings. The molecule has 1 saturated heterocycles. The van der Waals surface area contributed by atoms with Gasteiger partial charge in [0.25, 0.3) is 0 Å². The van der Waals surface area contributed by atoms with Crippen LogP contribution in [0.2, 0.25) is 0 Å². The van der Waals surface area contributed by atoms with Crippen molar-refractivity contribution in [1.29, 1.82) is 0 Å². The van der Waals surface area contributed by atoms with Crippen LogP contribution in [-0.2, 0) is 0 Å². The van der Waals surface area contributed by atoms with E-state index >= 15 is 0 Å². The average Bonchev–Trinajstić information content (AvgIpc) is 2.68. The van der Waals surface area contributed by atoms with Crippen LogP contribution in [0, 0.1) is 0 Å². The molecule has 1 heterocycles. The zero-order valence-corrected chi connectivity index (χ0v) is 9.78. The molecular weight excluding hydrogens is 188 g/mol. The summed E-state index contributed by atoms with van der Waals surface area (Å²) in [4.78, 5) is 2.53. The lowest BCUT2D eigenvalue weighted by atomic mass is 9.92. The molecule has 2 unspecified atom stereocenters. The van der Waals surface area contributed by atoms with E-state index < -0.39 is 0 Å². The van der Waals surface area contributed by atoms with Gasteiger partial charge in [0, 0.05) is 25.2 Å². The van der Waals surface area contributed by atoms with Gasteiger partial charge in [-0.1, -0.05) is 26.2 Å². The minimum atomic E-state index is -0.160. The van der Waals surface area contributed by atoms with Crippen molar-refractivity contribution in [2.75, 3.05) is 19.6 Å². The van der Waals surface area contributed by atoms with E-state index in [9.17, 15) is 5.11 Å². The van der Waals surface area contributed by atoms with E-state index in [1.165, 1.54) is 32.1 Å². The van der Waals surface area contributed by atoms with E-state index in [0.717, 1.165) is 25.7 Å². The number of likely N-dealkylation sites (N-methyl/N-ethyl adjacent to an activating group) is 1. The summed E-state index contributed by atoms with van der Waals surface area (Å²) in [5, 5.41) is 13.2. The topological polar surface area (TPSA) is 35.5 Å². The largest absolute Gasteiger partial charge is 0.390 e. The molecule has 2 atom stereocenters. The van der Waals surface area contributed by atoms with E-state index in [0.29, 0.717) is 6.04 Å². The fourth-order valence-electron chi connectivity index (χ4n) is 3.17. The van der Waals surface area contributed by atoms with Crippen LogP contribution in [0.25, 0.3) is 0 Å². The third-order valence-electron chi connectivity index (χ3n) is 3.99. The van der Waals surface area contributed by atoms with Crippen LogP contribution in [-0.4, -0.2) is 47.8 Å². The quantitative estimate of drug-likeness (QED) is 0.732. The minimum Gasteiger partial charge on any atom is -0.390 e. The Morgan fingerprint density at radius 3 is 2.47 bits per heavy atom. The van der Waals surface area contributed by atoms with Gasteiger partial charge in [-0.05, 0) is 19.4 Å². The number of rotatable bonds is 3. The second kappa shape index (κ2) is 5.28. The summed E-state index contributed by atoms with van der Waals surface area (Å²) in [5.41, 5.74) is 0. The van der Waals surface area contributed by atoms with Crippen molar-refractivity contribution in [2.45, 2.75) is 57.2 Å². The molecule has 88 valence electrons. The minimum absolute atomic E-state index is 0.160. The van der Waals surface area contributed by atoms with E-state index in [1.54, 1.807) is 0 Å². The summed E-state index contributed by atoms with van der Waals surface area (Å²) in [5.74, 6) is 0. The van der Waals surface area contributed by atoms with Crippen LogP contribution in [0.5, 0.6) is 0 Å². The van der Waals surface area contributed by atoms with Gasteiger partial charge in [0.05, 0.1) is 6.10 Å². The number of nitrogens with one attached hydrogen (secondary N) is 1. The Hall–Kier alpha value is -0.120. The highest BCUT2D eigenvalue weighted by Gasteiger charge is 2.33. The zero-order chi connectivity index (χ0) is 10.7. The number of hydrogen-bond donors (Lipinski definition) is 2. The van der Waals surface area contributed by atoms with Crippen molar-refractivity contribution in [3.63, 3.8) is 0 Å². The maximum atomic E-state index is 9.92. The van der Waals surface area contributed by atoms with Crippen molar-refractivity contribution in [2.24, 2.45) is 0 Å². The predicted molar refractivity (Wildman–Crippen MR) is 61.9 cm³/mol. The lowest BCUT2D eigenvalue weighted by Crippen LogP contribution is -2.49. The highest BCUT2D eigenvalue weighted by molar-refractivity contribution is 4.91. The van der Waals surface area contributed by atoms with Crippen molar-refractivity contribution in [3.8, 4) is 0 Å².